The summed E-state index contributed by atoms with van der Waals surface area (Å²) in [6, 6.07) is -1.65. The van der Waals surface area contributed by atoms with Crippen molar-refractivity contribution < 1.29 is 163 Å². The van der Waals surface area contributed by atoms with Crippen LogP contribution >= 0.6 is 67.8 Å². The number of aliphatic carboxylic acids is 5. The maximum absolute atomic E-state index is 14.2. The van der Waals surface area contributed by atoms with Gasteiger partial charge in [0.25, 0.3) is 11.8 Å². The molecule has 2 saturated heterocycles. The Morgan fingerprint density at radius 3 is 0.919 bits per heavy atom. The molecule has 4 N–H and O–H groups in total. The third-order valence-corrected chi connectivity index (χ3v) is 17.2. The topological polar surface area (TPSA) is 403 Å². The minimum absolute atomic E-state index is 0. The van der Waals surface area contributed by atoms with Crippen molar-refractivity contribution in [2.45, 2.75) is 45.9 Å². The fourth-order valence-electron chi connectivity index (χ4n) is 9.31. The monoisotopic (exact) mass is 1840 g/mol. The van der Waals surface area contributed by atoms with Crippen molar-refractivity contribution in [3.05, 3.63) is 21.8 Å². The van der Waals surface area contributed by atoms with Gasteiger partial charge in [0.2, 0.25) is 17.7 Å². The number of ketones is 1. The summed E-state index contributed by atoms with van der Waals surface area (Å²) in [4.78, 5) is 153. The molecule has 1 aromatic rings. The van der Waals surface area contributed by atoms with Crippen LogP contribution in [0.15, 0.2) is 0 Å². The van der Waals surface area contributed by atoms with Crippen LogP contribution in [0.1, 0.15) is 48.4 Å². The van der Waals surface area contributed by atoms with E-state index in [4.69, 9.17) is 0 Å². The molecule has 5 amide bonds. The maximum atomic E-state index is 14.2. The largest absolute Gasteiger partial charge is 3.00 e. The first-order chi connectivity index (χ1) is 39.5. The molecule has 2 fully saturated rings. The van der Waals surface area contributed by atoms with Crippen molar-refractivity contribution in [3.8, 4) is 0 Å². The summed E-state index contributed by atoms with van der Waals surface area (Å²) >= 11 is 5.54. The Balaban J connectivity index is 0.0000185. The number of carboxylic acid groups (broad SMARTS) is 5. The number of carbonyl (C=O) groups excluding carboxylic acids is 11. The normalized spacial score (nSPS) is 17.6. The van der Waals surface area contributed by atoms with E-state index in [2.05, 4.69) is 21.3 Å². The number of anilines is 1. The summed E-state index contributed by atoms with van der Waals surface area (Å²) in [5, 5.41) is 81.4. The number of nitrogens with one attached hydrogen (secondary N) is 4. The first-order valence-electron chi connectivity index (χ1n) is 27.1. The van der Waals surface area contributed by atoms with Gasteiger partial charge in [-0.25, -0.2) is 0 Å². The SMILES string of the molecule is CC(=O)CN1CCN(CC(=O)[O-])CCN(CC(=O)[O-])CCN(C(C)C(=O)NCCNC(=O)c2c(I)c(C(=O)NCCNC(=O)C(C)N3CCN(CC(=O)[O-])CCN(CC(=O)[O-])CCN(CC(=O)[O-])CC3)c(I)c(N(C)C(=O)[C@@H](C)[O-])c2I)CC1.[Gd+3].[Gd+3]. The number of rotatable bonds is 26. The number of Topliss-reactive ketones (excluding diaryl/α,β-unsaturated/α-hetero) is 1. The van der Waals surface area contributed by atoms with Gasteiger partial charge in [0.1, 0.15) is 5.78 Å². The van der Waals surface area contributed by atoms with Crippen molar-refractivity contribution in [1.82, 2.24) is 60.5 Å². The standard InChI is InChI=1S/C51H79I3N13O17.2Gd/c1-32(68)26-60-10-11-61(27-36(70)71)12-15-63(29-38(74)75)19-23-66(22-18-60)33(2)47(80)55-6-8-57-49(82)41-43(52)42(45(54)46(44(41)53)59(5)51(84)35(4)69)50(83)58-9-7-56-48(81)34(3)67-24-20-64(30-39(76)77)16-13-62(28-37(72)73)14-17-65(21-25-67)31-40(78)79;;/h33-35H,6-31H2,1-5H3,(H,55,80)(H,56,81)(H,57,82)(H,58,83)(H,70,71)(H,72,73)(H,74,75)(H,76,77)(H,78,79);;/q-1;2*+3/p-5/t33?,34?,35-;;/m1../s1. The first kappa shape index (κ1) is 82.1. The van der Waals surface area contributed by atoms with Gasteiger partial charge >= 0.3 is 79.9 Å². The number of carbonyl (C=O) groups is 11. The van der Waals surface area contributed by atoms with E-state index in [0.717, 1.165) is 11.8 Å². The third kappa shape index (κ3) is 29.1. The fourth-order valence-corrected chi connectivity index (χ4v) is 14.2. The molecule has 35 heteroatoms. The molecule has 3 atom stereocenters. The van der Waals surface area contributed by atoms with Crippen LogP contribution in [0.3, 0.4) is 0 Å². The van der Waals surface area contributed by atoms with Crippen LogP contribution < -0.4 is 56.8 Å². The zero-order chi connectivity index (χ0) is 63.0. The summed E-state index contributed by atoms with van der Waals surface area (Å²) in [5.41, 5.74) is 0.0526. The molecule has 2 aliphatic rings. The van der Waals surface area contributed by atoms with Gasteiger partial charge in [-0.3, -0.25) is 68.0 Å². The van der Waals surface area contributed by atoms with Crippen LogP contribution in [0.25, 0.3) is 0 Å². The van der Waals surface area contributed by atoms with Gasteiger partial charge < -0.3 is 80.8 Å². The van der Waals surface area contributed by atoms with Gasteiger partial charge in [-0.2, -0.15) is 0 Å². The summed E-state index contributed by atoms with van der Waals surface area (Å²) < 4.78 is 0.617. The van der Waals surface area contributed by atoms with E-state index in [1.165, 1.54) is 28.7 Å². The molecule has 482 valence electrons. The molecule has 2 aliphatic heterocycles. The minimum Gasteiger partial charge on any atom is -0.845 e. The zero-order valence-electron chi connectivity index (χ0n) is 48.4. The van der Waals surface area contributed by atoms with E-state index in [9.17, 15) is 83.4 Å². The molecular formula is C51H74Gd2I3N13O17. The Hall–Kier alpha value is -1.93. The molecule has 0 aromatic heterocycles. The van der Waals surface area contributed by atoms with Crippen LogP contribution in [0.2, 0.25) is 0 Å². The van der Waals surface area contributed by atoms with Crippen molar-refractivity contribution in [3.63, 3.8) is 0 Å². The van der Waals surface area contributed by atoms with Gasteiger partial charge in [0.15, 0.2) is 0 Å². The second kappa shape index (κ2) is 42.3. The van der Waals surface area contributed by atoms with Gasteiger partial charge in [0, 0.05) is 174 Å². The molecule has 30 nitrogen and oxygen atoms in total. The summed E-state index contributed by atoms with van der Waals surface area (Å²) in [5.74, 6) is -10.1. The smallest absolute Gasteiger partial charge is 0.845 e. The number of halogens is 3. The number of hydrogen-bond donors (Lipinski definition) is 4. The Morgan fingerprint density at radius 2 is 0.674 bits per heavy atom. The second-order valence-corrected chi connectivity index (χ2v) is 23.6. The van der Waals surface area contributed by atoms with Crippen LogP contribution in [0, 0.1) is 90.6 Å². The van der Waals surface area contributed by atoms with Crippen molar-refractivity contribution in [2.75, 3.05) is 182 Å². The zero-order valence-corrected chi connectivity index (χ0v) is 59.4. The molecular weight excluding hydrogens is 1760 g/mol. The maximum Gasteiger partial charge on any atom is 3.00 e. The summed E-state index contributed by atoms with van der Waals surface area (Å²) in [6.45, 7) is 5.97. The fraction of sp³-hybridized carbons (Fsp3) is 0.667. The van der Waals surface area contributed by atoms with Crippen LogP contribution in [0.5, 0.6) is 0 Å². The van der Waals surface area contributed by atoms with E-state index in [-0.39, 0.29) is 238 Å². The van der Waals surface area contributed by atoms with Crippen molar-refractivity contribution >= 4 is 139 Å². The Labute approximate surface area is 605 Å². The van der Waals surface area contributed by atoms with E-state index in [0.29, 0.717) is 13.1 Å². The van der Waals surface area contributed by atoms with Crippen molar-refractivity contribution in [1.29, 1.82) is 0 Å². The average molecular weight is 1840 g/mol. The molecule has 2 unspecified atom stereocenters. The molecule has 0 bridgehead atoms. The molecule has 2 radical (unpaired) electrons. The Morgan fingerprint density at radius 1 is 0.430 bits per heavy atom. The minimum atomic E-state index is -1.72. The molecule has 0 saturated carbocycles. The molecule has 0 spiro atoms. The predicted octanol–water partition coefficient (Wildman–Crippen LogP) is -10.5. The average Bonchev–Trinajstić information content (AvgIpc) is 0.905. The second-order valence-electron chi connectivity index (χ2n) is 20.3. The van der Waals surface area contributed by atoms with Gasteiger partial charge in [-0.1, -0.05) is 6.92 Å². The van der Waals surface area contributed by atoms with Crippen LogP contribution in [0.4, 0.5) is 5.69 Å². The van der Waals surface area contributed by atoms with Gasteiger partial charge in [-0.05, 0) is 94.6 Å². The van der Waals surface area contributed by atoms with E-state index in [1.54, 1.807) is 28.5 Å². The quantitative estimate of drug-likeness (QED) is 0.0494. The van der Waals surface area contributed by atoms with E-state index in [1.807, 2.05) is 77.6 Å². The predicted molar refractivity (Wildman–Crippen MR) is 315 cm³/mol. The third-order valence-electron chi connectivity index (χ3n) is 14.0. The number of nitrogens with zero attached hydrogens (tertiary/aromatic N) is 9. The summed E-state index contributed by atoms with van der Waals surface area (Å²) in [6.07, 6.45) is -1.72. The van der Waals surface area contributed by atoms with Crippen LogP contribution in [-0.2, 0) is 43.2 Å². The molecule has 2 heterocycles. The molecule has 0 aliphatic carbocycles. The Bertz CT molecular complexity index is 2300. The Kier molecular flexibility index (Phi) is 40.3. The van der Waals surface area contributed by atoms with E-state index >= 15 is 0 Å². The van der Waals surface area contributed by atoms with Crippen molar-refractivity contribution in [2.24, 2.45) is 0 Å². The van der Waals surface area contributed by atoms with Gasteiger partial charge in [-0.15, -0.1) is 0 Å². The number of carboxylic acids is 5. The van der Waals surface area contributed by atoms with Crippen LogP contribution in [-0.4, -0.2) is 300 Å². The number of likely N-dealkylation sites (N-methyl/N-ethyl adjacent to an activating group) is 1. The number of amides is 5. The number of hydrogen-bond acceptors (Lipinski definition) is 25. The summed E-state index contributed by atoms with van der Waals surface area (Å²) in [7, 11) is 1.34. The first-order valence-corrected chi connectivity index (χ1v) is 30.3. The van der Waals surface area contributed by atoms with Gasteiger partial charge in [0.05, 0.1) is 72.4 Å². The van der Waals surface area contributed by atoms with E-state index < -0.39 is 110 Å². The molecule has 86 heavy (non-hydrogen) atoms. The number of benzene rings is 1. The molecule has 3 rings (SSSR count). The molecule has 1 aromatic carbocycles.